The molecule has 0 saturated carbocycles. The fraction of sp³-hybridized carbons (Fsp3) is 0.364. The number of unbranched alkanes of at least 4 members (excludes halogenated alkanes) is 1. The van der Waals surface area contributed by atoms with Crippen LogP contribution in [-0.4, -0.2) is 14.3 Å². The Labute approximate surface area is 123 Å². The second-order valence-electron chi connectivity index (χ2n) is 3.71. The lowest BCUT2D eigenvalue weighted by Crippen LogP contribution is -2.30. The number of hydrogen-bond donors (Lipinski definition) is 1. The molecule has 1 amide bonds. The van der Waals surface area contributed by atoms with Gasteiger partial charge in [0.25, 0.3) is 10.0 Å². The number of sulfonamides is 1. The number of hydrogen-bond acceptors (Lipinski definition) is 3. The van der Waals surface area contributed by atoms with Gasteiger partial charge in [-0.3, -0.25) is 4.79 Å². The van der Waals surface area contributed by atoms with Crippen LogP contribution >= 0.6 is 31.9 Å². The topological polar surface area (TPSA) is 63.2 Å². The van der Waals surface area contributed by atoms with Gasteiger partial charge in [-0.1, -0.05) is 29.3 Å². The Morgan fingerprint density at radius 1 is 1.33 bits per heavy atom. The Hall–Kier alpha value is -0.400. The molecular formula is C11H13Br2NO3S. The summed E-state index contributed by atoms with van der Waals surface area (Å²) in [7, 11) is -3.82. The summed E-state index contributed by atoms with van der Waals surface area (Å²) in [5.74, 6) is -0.483. The number of nitrogens with one attached hydrogen (secondary N) is 1. The second kappa shape index (κ2) is 6.68. The number of rotatable bonds is 5. The van der Waals surface area contributed by atoms with E-state index >= 15 is 0 Å². The van der Waals surface area contributed by atoms with E-state index < -0.39 is 15.9 Å². The summed E-state index contributed by atoms with van der Waals surface area (Å²) in [5, 5.41) is 0. The average molecular weight is 399 g/mol. The molecule has 0 aliphatic heterocycles. The average Bonchev–Trinajstić information content (AvgIpc) is 2.29. The van der Waals surface area contributed by atoms with E-state index in [2.05, 4.69) is 36.6 Å². The lowest BCUT2D eigenvalue weighted by molar-refractivity contribution is -0.119. The molecule has 1 rings (SSSR count). The largest absolute Gasteiger partial charge is 0.274 e. The smallest absolute Gasteiger partial charge is 0.265 e. The van der Waals surface area contributed by atoms with Crippen LogP contribution in [0.15, 0.2) is 32.0 Å². The summed E-state index contributed by atoms with van der Waals surface area (Å²) in [6, 6.07) is 4.76. The first-order valence-electron chi connectivity index (χ1n) is 5.37. The Balaban J connectivity index is 2.93. The van der Waals surface area contributed by atoms with E-state index in [9.17, 15) is 13.2 Å². The number of amides is 1. The van der Waals surface area contributed by atoms with E-state index in [-0.39, 0.29) is 11.3 Å². The molecule has 18 heavy (non-hydrogen) atoms. The van der Waals surface area contributed by atoms with Gasteiger partial charge in [-0.2, -0.15) is 0 Å². The van der Waals surface area contributed by atoms with Crippen molar-refractivity contribution in [2.24, 2.45) is 0 Å². The molecule has 0 spiro atoms. The minimum absolute atomic E-state index is 0.0433. The third kappa shape index (κ3) is 4.37. The van der Waals surface area contributed by atoms with Gasteiger partial charge in [-0.15, -0.1) is 0 Å². The maximum Gasteiger partial charge on any atom is 0.265 e. The highest BCUT2D eigenvalue weighted by Gasteiger charge is 2.20. The predicted octanol–water partition coefficient (Wildman–Crippen LogP) is 3.21. The molecule has 1 N–H and O–H groups in total. The van der Waals surface area contributed by atoms with Gasteiger partial charge >= 0.3 is 0 Å². The van der Waals surface area contributed by atoms with Crippen molar-refractivity contribution in [2.75, 3.05) is 0 Å². The van der Waals surface area contributed by atoms with Crippen LogP contribution in [0.5, 0.6) is 0 Å². The van der Waals surface area contributed by atoms with E-state index in [1.165, 1.54) is 6.07 Å². The zero-order valence-corrected chi connectivity index (χ0v) is 13.7. The molecule has 0 atom stereocenters. The molecule has 0 fully saturated rings. The van der Waals surface area contributed by atoms with Crippen LogP contribution in [0.1, 0.15) is 26.2 Å². The highest BCUT2D eigenvalue weighted by Crippen LogP contribution is 2.25. The van der Waals surface area contributed by atoms with E-state index in [0.717, 1.165) is 6.42 Å². The van der Waals surface area contributed by atoms with Crippen molar-refractivity contribution in [3.05, 3.63) is 27.1 Å². The number of benzene rings is 1. The molecule has 4 nitrogen and oxygen atoms in total. The number of carbonyl (C=O) groups is 1. The maximum atomic E-state index is 12.0. The molecular weight excluding hydrogens is 386 g/mol. The molecule has 0 saturated heterocycles. The lowest BCUT2D eigenvalue weighted by atomic mass is 10.2. The van der Waals surface area contributed by atoms with Crippen molar-refractivity contribution in [3.8, 4) is 0 Å². The highest BCUT2D eigenvalue weighted by atomic mass is 79.9. The van der Waals surface area contributed by atoms with Gasteiger partial charge in [0.15, 0.2) is 0 Å². The Kier molecular flexibility index (Phi) is 5.81. The molecule has 0 unspecified atom stereocenters. The van der Waals surface area contributed by atoms with Gasteiger partial charge in [0.1, 0.15) is 4.90 Å². The van der Waals surface area contributed by atoms with Gasteiger partial charge in [0.2, 0.25) is 5.91 Å². The first kappa shape index (κ1) is 15.7. The highest BCUT2D eigenvalue weighted by molar-refractivity contribution is 9.11. The summed E-state index contributed by atoms with van der Waals surface area (Å²) < 4.78 is 27.1. The Bertz CT molecular complexity index is 543. The van der Waals surface area contributed by atoms with E-state index in [0.29, 0.717) is 15.4 Å². The van der Waals surface area contributed by atoms with Crippen LogP contribution in [0.4, 0.5) is 0 Å². The fourth-order valence-electron chi connectivity index (χ4n) is 1.28. The SMILES string of the molecule is CCCCC(=O)NS(=O)(=O)c1cc(Br)ccc1Br. The maximum absolute atomic E-state index is 12.0. The molecule has 100 valence electrons. The number of carbonyl (C=O) groups excluding carboxylic acids is 1. The van der Waals surface area contributed by atoms with Gasteiger partial charge < -0.3 is 0 Å². The van der Waals surface area contributed by atoms with Crippen LogP contribution in [-0.2, 0) is 14.8 Å². The van der Waals surface area contributed by atoms with Gasteiger partial charge in [-0.25, -0.2) is 13.1 Å². The minimum atomic E-state index is -3.82. The molecule has 7 heteroatoms. The molecule has 0 radical (unpaired) electrons. The summed E-state index contributed by atoms with van der Waals surface area (Å²) >= 11 is 6.36. The summed E-state index contributed by atoms with van der Waals surface area (Å²) in [6.45, 7) is 1.94. The van der Waals surface area contributed by atoms with E-state index in [1.807, 2.05) is 6.92 Å². The normalized spacial score (nSPS) is 11.3. The predicted molar refractivity (Wildman–Crippen MR) is 76.7 cm³/mol. The van der Waals surface area contributed by atoms with Gasteiger partial charge in [0.05, 0.1) is 0 Å². The second-order valence-corrected chi connectivity index (χ2v) is 7.13. The first-order valence-corrected chi connectivity index (χ1v) is 8.44. The van der Waals surface area contributed by atoms with Crippen molar-refractivity contribution in [1.29, 1.82) is 0 Å². The van der Waals surface area contributed by atoms with Gasteiger partial charge in [0, 0.05) is 15.4 Å². The molecule has 0 aromatic heterocycles. The third-order valence-electron chi connectivity index (χ3n) is 2.19. The van der Waals surface area contributed by atoms with Crippen LogP contribution in [0.2, 0.25) is 0 Å². The molecule has 0 aliphatic rings. The van der Waals surface area contributed by atoms with Crippen molar-refractivity contribution < 1.29 is 13.2 Å². The molecule has 0 aliphatic carbocycles. The summed E-state index contributed by atoms with van der Waals surface area (Å²) in [6.07, 6.45) is 1.72. The molecule has 1 aromatic carbocycles. The van der Waals surface area contributed by atoms with Crippen molar-refractivity contribution >= 4 is 47.8 Å². The lowest BCUT2D eigenvalue weighted by Gasteiger charge is -2.08. The standard InChI is InChI=1S/C11H13Br2NO3S/c1-2-3-4-11(15)14-18(16,17)10-7-8(12)5-6-9(10)13/h5-7H,2-4H2,1H3,(H,14,15). The molecule has 0 heterocycles. The van der Waals surface area contributed by atoms with Crippen molar-refractivity contribution in [1.82, 2.24) is 4.72 Å². The van der Waals surface area contributed by atoms with Crippen LogP contribution < -0.4 is 4.72 Å². The number of halogens is 2. The quantitative estimate of drug-likeness (QED) is 0.828. The first-order chi connectivity index (χ1) is 8.36. The van der Waals surface area contributed by atoms with Crippen molar-refractivity contribution in [2.45, 2.75) is 31.1 Å². The summed E-state index contributed by atoms with van der Waals surface area (Å²) in [5.41, 5.74) is 0. The molecule has 0 bridgehead atoms. The fourth-order valence-corrected chi connectivity index (χ4v) is 3.79. The minimum Gasteiger partial charge on any atom is -0.274 e. The van der Waals surface area contributed by atoms with E-state index in [1.54, 1.807) is 12.1 Å². The van der Waals surface area contributed by atoms with Crippen LogP contribution in [0, 0.1) is 0 Å². The van der Waals surface area contributed by atoms with Crippen LogP contribution in [0.25, 0.3) is 0 Å². The molecule has 1 aromatic rings. The monoisotopic (exact) mass is 397 g/mol. The van der Waals surface area contributed by atoms with Crippen LogP contribution in [0.3, 0.4) is 0 Å². The van der Waals surface area contributed by atoms with E-state index in [4.69, 9.17) is 0 Å². The zero-order valence-electron chi connectivity index (χ0n) is 9.74. The summed E-state index contributed by atoms with van der Waals surface area (Å²) in [4.78, 5) is 11.5. The van der Waals surface area contributed by atoms with Gasteiger partial charge in [-0.05, 0) is 40.5 Å². The zero-order chi connectivity index (χ0) is 13.8. The van der Waals surface area contributed by atoms with Crippen molar-refractivity contribution in [3.63, 3.8) is 0 Å². The third-order valence-corrected chi connectivity index (χ3v) is 5.05. The Morgan fingerprint density at radius 2 is 2.00 bits per heavy atom. The Morgan fingerprint density at radius 3 is 2.61 bits per heavy atom.